The second-order valence-electron chi connectivity index (χ2n) is 4.83. The molecule has 18 heavy (non-hydrogen) atoms. The Kier molecular flexibility index (Phi) is 4.73. The van der Waals surface area contributed by atoms with Gasteiger partial charge in [0.05, 0.1) is 18.2 Å². The lowest BCUT2D eigenvalue weighted by Crippen LogP contribution is -2.45. The van der Waals surface area contributed by atoms with E-state index in [1.54, 1.807) is 24.3 Å². The van der Waals surface area contributed by atoms with Crippen LogP contribution in [0.4, 0.5) is 5.69 Å². The molecule has 0 aliphatic rings. The number of hydrogen-bond donors (Lipinski definition) is 2. The number of anilines is 1. The first-order valence-corrected chi connectivity index (χ1v) is 6.02. The number of nitriles is 1. The van der Waals surface area contributed by atoms with Crippen LogP contribution in [0.3, 0.4) is 0 Å². The molecule has 2 N–H and O–H groups in total. The summed E-state index contributed by atoms with van der Waals surface area (Å²) in [5.41, 5.74) is 1.26. The lowest BCUT2D eigenvalue weighted by molar-refractivity contribution is -0.121. The molecule has 0 unspecified atom stereocenters. The van der Waals surface area contributed by atoms with E-state index in [0.717, 1.165) is 12.1 Å². The number of nitrogens with one attached hydrogen (secondary N) is 2. The van der Waals surface area contributed by atoms with Crippen molar-refractivity contribution in [3.05, 3.63) is 29.8 Å². The normalized spacial score (nSPS) is 10.6. The highest BCUT2D eigenvalue weighted by molar-refractivity contribution is 5.81. The molecule has 0 radical (unpaired) electrons. The third-order valence-electron chi connectivity index (χ3n) is 2.83. The van der Waals surface area contributed by atoms with Crippen LogP contribution in [0.15, 0.2) is 24.3 Å². The van der Waals surface area contributed by atoms with Crippen LogP contribution in [-0.4, -0.2) is 18.0 Å². The topological polar surface area (TPSA) is 64.9 Å². The lowest BCUT2D eigenvalue weighted by atomic mass is 10.0. The minimum absolute atomic E-state index is 0.0359. The van der Waals surface area contributed by atoms with Crippen molar-refractivity contribution in [1.82, 2.24) is 5.32 Å². The van der Waals surface area contributed by atoms with Crippen molar-refractivity contribution >= 4 is 11.6 Å². The fourth-order valence-electron chi connectivity index (χ4n) is 1.35. The molecule has 0 saturated heterocycles. The van der Waals surface area contributed by atoms with E-state index in [1.165, 1.54) is 0 Å². The highest BCUT2D eigenvalue weighted by Crippen LogP contribution is 2.09. The van der Waals surface area contributed by atoms with Gasteiger partial charge in [-0.25, -0.2) is 0 Å². The molecule has 96 valence electrons. The molecule has 0 aromatic heterocycles. The Bertz CT molecular complexity index is 443. The van der Waals surface area contributed by atoms with Crippen molar-refractivity contribution in [2.24, 2.45) is 0 Å². The molecule has 1 rings (SSSR count). The van der Waals surface area contributed by atoms with Gasteiger partial charge < -0.3 is 10.6 Å². The molecule has 4 nitrogen and oxygen atoms in total. The predicted molar refractivity (Wildman–Crippen MR) is 72.2 cm³/mol. The van der Waals surface area contributed by atoms with E-state index in [2.05, 4.69) is 16.7 Å². The zero-order chi connectivity index (χ0) is 13.6. The van der Waals surface area contributed by atoms with E-state index in [4.69, 9.17) is 5.26 Å². The summed E-state index contributed by atoms with van der Waals surface area (Å²) in [6.45, 7) is 6.25. The van der Waals surface area contributed by atoms with Crippen LogP contribution in [-0.2, 0) is 4.79 Å². The van der Waals surface area contributed by atoms with Gasteiger partial charge in [0.25, 0.3) is 0 Å². The van der Waals surface area contributed by atoms with E-state index in [9.17, 15) is 4.79 Å². The van der Waals surface area contributed by atoms with Gasteiger partial charge in [-0.3, -0.25) is 4.79 Å². The number of hydrogen-bond acceptors (Lipinski definition) is 3. The van der Waals surface area contributed by atoms with Gasteiger partial charge in [0.15, 0.2) is 0 Å². The van der Waals surface area contributed by atoms with Gasteiger partial charge >= 0.3 is 0 Å². The van der Waals surface area contributed by atoms with Crippen LogP contribution in [0.2, 0.25) is 0 Å². The average Bonchev–Trinajstić information content (AvgIpc) is 2.36. The fourth-order valence-corrected chi connectivity index (χ4v) is 1.35. The molecule has 0 bridgehead atoms. The molecule has 4 heteroatoms. The molecule has 0 aliphatic carbocycles. The van der Waals surface area contributed by atoms with E-state index >= 15 is 0 Å². The Morgan fingerprint density at radius 1 is 1.33 bits per heavy atom. The van der Waals surface area contributed by atoms with Gasteiger partial charge in [-0.1, -0.05) is 6.92 Å². The monoisotopic (exact) mass is 245 g/mol. The van der Waals surface area contributed by atoms with Gasteiger partial charge in [-0.2, -0.15) is 5.26 Å². The summed E-state index contributed by atoms with van der Waals surface area (Å²) in [4.78, 5) is 11.7. The van der Waals surface area contributed by atoms with Crippen molar-refractivity contribution in [2.45, 2.75) is 32.7 Å². The molecule has 1 amide bonds. The molecule has 0 fully saturated rings. The maximum Gasteiger partial charge on any atom is 0.239 e. The number of nitrogens with zero attached hydrogens (tertiary/aromatic N) is 1. The standard InChI is InChI=1S/C14H19N3O/c1-4-14(2,3)17-13(18)10-16-12-7-5-11(9-15)6-8-12/h5-8,16H,4,10H2,1-3H3,(H,17,18). The summed E-state index contributed by atoms with van der Waals surface area (Å²) >= 11 is 0. The highest BCUT2D eigenvalue weighted by atomic mass is 16.2. The third kappa shape index (κ3) is 4.46. The van der Waals surface area contributed by atoms with Crippen LogP contribution in [0, 0.1) is 11.3 Å². The average molecular weight is 245 g/mol. The van der Waals surface area contributed by atoms with E-state index < -0.39 is 0 Å². The first-order valence-electron chi connectivity index (χ1n) is 6.02. The predicted octanol–water partition coefficient (Wildman–Crippen LogP) is 2.27. The summed E-state index contributed by atoms with van der Waals surface area (Å²) in [5.74, 6) is -0.0359. The second-order valence-corrected chi connectivity index (χ2v) is 4.83. The fraction of sp³-hybridized carbons (Fsp3) is 0.429. The quantitative estimate of drug-likeness (QED) is 0.836. The van der Waals surface area contributed by atoms with Gasteiger partial charge in [0.1, 0.15) is 0 Å². The lowest BCUT2D eigenvalue weighted by Gasteiger charge is -2.24. The summed E-state index contributed by atoms with van der Waals surface area (Å²) in [7, 11) is 0. The van der Waals surface area contributed by atoms with Gasteiger partial charge in [-0.05, 0) is 44.5 Å². The minimum atomic E-state index is -0.177. The van der Waals surface area contributed by atoms with Crippen molar-refractivity contribution in [2.75, 3.05) is 11.9 Å². The van der Waals surface area contributed by atoms with Crippen LogP contribution in [0.25, 0.3) is 0 Å². The first-order chi connectivity index (χ1) is 8.46. The molecule has 0 aliphatic heterocycles. The minimum Gasteiger partial charge on any atom is -0.376 e. The largest absolute Gasteiger partial charge is 0.376 e. The Labute approximate surface area is 108 Å². The third-order valence-corrected chi connectivity index (χ3v) is 2.83. The number of carbonyl (C=O) groups excluding carboxylic acids is 1. The number of rotatable bonds is 5. The molecule has 1 aromatic rings. The second kappa shape index (κ2) is 6.06. The van der Waals surface area contributed by atoms with E-state index in [-0.39, 0.29) is 18.0 Å². The van der Waals surface area contributed by atoms with Crippen molar-refractivity contribution in [1.29, 1.82) is 5.26 Å². The summed E-state index contributed by atoms with van der Waals surface area (Å²) in [5, 5.41) is 14.6. The number of amides is 1. The highest BCUT2D eigenvalue weighted by Gasteiger charge is 2.17. The van der Waals surface area contributed by atoms with Gasteiger partial charge in [0, 0.05) is 11.2 Å². The van der Waals surface area contributed by atoms with Crippen LogP contribution < -0.4 is 10.6 Å². The molecule has 1 aromatic carbocycles. The van der Waals surface area contributed by atoms with Crippen molar-refractivity contribution < 1.29 is 4.79 Å². The molecule has 0 saturated carbocycles. The molecular formula is C14H19N3O. The van der Waals surface area contributed by atoms with E-state index in [1.807, 2.05) is 20.8 Å². The molecule has 0 heterocycles. The number of carbonyl (C=O) groups is 1. The maximum atomic E-state index is 11.7. The molecule has 0 spiro atoms. The summed E-state index contributed by atoms with van der Waals surface area (Å²) in [6.07, 6.45) is 0.885. The van der Waals surface area contributed by atoms with Gasteiger partial charge in [0.2, 0.25) is 5.91 Å². The van der Waals surface area contributed by atoms with Gasteiger partial charge in [-0.15, -0.1) is 0 Å². The zero-order valence-corrected chi connectivity index (χ0v) is 11.1. The van der Waals surface area contributed by atoms with Crippen molar-refractivity contribution in [3.8, 4) is 6.07 Å². The summed E-state index contributed by atoms with van der Waals surface area (Å²) < 4.78 is 0. The smallest absolute Gasteiger partial charge is 0.239 e. The molecular weight excluding hydrogens is 226 g/mol. The van der Waals surface area contributed by atoms with Crippen molar-refractivity contribution in [3.63, 3.8) is 0 Å². The van der Waals surface area contributed by atoms with Crippen LogP contribution in [0.5, 0.6) is 0 Å². The summed E-state index contributed by atoms with van der Waals surface area (Å²) in [6, 6.07) is 9.06. The SMILES string of the molecule is CCC(C)(C)NC(=O)CNc1ccc(C#N)cc1. The zero-order valence-electron chi connectivity index (χ0n) is 11.1. The Balaban J connectivity index is 2.45. The van der Waals surface area contributed by atoms with Crippen LogP contribution >= 0.6 is 0 Å². The maximum absolute atomic E-state index is 11.7. The Morgan fingerprint density at radius 2 is 1.94 bits per heavy atom. The Morgan fingerprint density at radius 3 is 2.44 bits per heavy atom. The Hall–Kier alpha value is -2.02. The molecule has 0 atom stereocenters. The first kappa shape index (κ1) is 14.0. The van der Waals surface area contributed by atoms with E-state index in [0.29, 0.717) is 5.56 Å². The van der Waals surface area contributed by atoms with Crippen LogP contribution in [0.1, 0.15) is 32.8 Å². The number of benzene rings is 1.